The summed E-state index contributed by atoms with van der Waals surface area (Å²) in [5.41, 5.74) is 2.17. The molecule has 2 saturated heterocycles. The van der Waals surface area contributed by atoms with E-state index in [1.165, 1.54) is 11.8 Å². The standard InChI is InChI=1S/C12H13NO2S3/c1-8-3-2-4-9(5-8)13-10-6-18(14,15)7-11(10)17-12(13)16/h2-5,10-11H,6-7H2,1H3/t10-,11-/m0/s1. The highest BCUT2D eigenvalue weighted by Gasteiger charge is 2.48. The largest absolute Gasteiger partial charge is 0.322 e. The SMILES string of the molecule is Cc1cccc(N2C(=S)S[C@H]3CS(=O)(=O)C[C@@H]32)c1. The summed E-state index contributed by atoms with van der Waals surface area (Å²) in [5, 5.41) is 0.100. The third-order valence-electron chi connectivity index (χ3n) is 3.33. The summed E-state index contributed by atoms with van der Waals surface area (Å²) >= 11 is 6.91. The molecule has 1 aromatic rings. The first kappa shape index (κ1) is 12.4. The smallest absolute Gasteiger partial charge is 0.153 e. The third kappa shape index (κ3) is 2.06. The van der Waals surface area contributed by atoms with Crippen molar-refractivity contribution < 1.29 is 8.42 Å². The van der Waals surface area contributed by atoms with Crippen molar-refractivity contribution in [1.82, 2.24) is 0 Å². The Hall–Kier alpha value is -0.590. The lowest BCUT2D eigenvalue weighted by atomic mass is 10.1. The first-order chi connectivity index (χ1) is 8.46. The maximum absolute atomic E-state index is 11.7. The van der Waals surface area contributed by atoms with E-state index in [-0.39, 0.29) is 22.8 Å². The Labute approximate surface area is 116 Å². The van der Waals surface area contributed by atoms with Gasteiger partial charge in [0.1, 0.15) is 4.32 Å². The number of sulfone groups is 1. The molecule has 0 spiro atoms. The van der Waals surface area contributed by atoms with Crippen LogP contribution in [0.15, 0.2) is 24.3 Å². The van der Waals surface area contributed by atoms with Crippen LogP contribution in [0, 0.1) is 6.92 Å². The van der Waals surface area contributed by atoms with Crippen LogP contribution >= 0.6 is 24.0 Å². The molecular formula is C12H13NO2S3. The second-order valence-electron chi connectivity index (χ2n) is 4.78. The van der Waals surface area contributed by atoms with Gasteiger partial charge in [-0.2, -0.15) is 0 Å². The van der Waals surface area contributed by atoms with Crippen molar-refractivity contribution in [3.05, 3.63) is 29.8 Å². The lowest BCUT2D eigenvalue weighted by Gasteiger charge is -2.24. The predicted molar refractivity (Wildman–Crippen MR) is 80.1 cm³/mol. The molecule has 0 amide bonds. The van der Waals surface area contributed by atoms with Gasteiger partial charge in [-0.25, -0.2) is 8.42 Å². The van der Waals surface area contributed by atoms with Gasteiger partial charge >= 0.3 is 0 Å². The molecule has 2 fully saturated rings. The van der Waals surface area contributed by atoms with Gasteiger partial charge in [-0.05, 0) is 24.6 Å². The summed E-state index contributed by atoms with van der Waals surface area (Å²) in [6, 6.07) is 8.06. The molecule has 0 saturated carbocycles. The third-order valence-corrected chi connectivity index (χ3v) is 6.93. The Bertz CT molecular complexity index is 612. The lowest BCUT2D eigenvalue weighted by Crippen LogP contribution is -2.36. The van der Waals surface area contributed by atoms with Gasteiger partial charge < -0.3 is 4.90 Å². The molecule has 0 aliphatic carbocycles. The second kappa shape index (κ2) is 4.21. The molecule has 96 valence electrons. The van der Waals surface area contributed by atoms with Gasteiger partial charge in [-0.3, -0.25) is 0 Å². The molecule has 0 unspecified atom stereocenters. The number of fused-ring (bicyclic) bond motifs is 1. The summed E-state index contributed by atoms with van der Waals surface area (Å²) < 4.78 is 24.2. The Morgan fingerprint density at radius 1 is 1.39 bits per heavy atom. The number of hydrogen-bond donors (Lipinski definition) is 0. The number of benzene rings is 1. The topological polar surface area (TPSA) is 37.4 Å². The quantitative estimate of drug-likeness (QED) is 0.742. The molecule has 2 aliphatic rings. The average molecular weight is 299 g/mol. The molecule has 6 heteroatoms. The first-order valence-electron chi connectivity index (χ1n) is 5.73. The van der Waals surface area contributed by atoms with Gasteiger partial charge in [0.25, 0.3) is 0 Å². The number of thiocarbonyl (C=S) groups is 1. The number of rotatable bonds is 1. The van der Waals surface area contributed by atoms with E-state index in [0.717, 1.165) is 15.6 Å². The zero-order valence-electron chi connectivity index (χ0n) is 9.87. The minimum Gasteiger partial charge on any atom is -0.322 e. The lowest BCUT2D eigenvalue weighted by molar-refractivity contribution is 0.601. The van der Waals surface area contributed by atoms with Gasteiger partial charge in [0.2, 0.25) is 0 Å². The van der Waals surface area contributed by atoms with Gasteiger partial charge in [0.05, 0.1) is 17.5 Å². The average Bonchev–Trinajstić information content (AvgIpc) is 2.68. The number of anilines is 1. The van der Waals surface area contributed by atoms with Crippen molar-refractivity contribution in [2.24, 2.45) is 0 Å². The molecule has 2 atom stereocenters. The maximum atomic E-state index is 11.7. The number of nitrogens with zero attached hydrogens (tertiary/aromatic N) is 1. The van der Waals surface area contributed by atoms with Crippen molar-refractivity contribution in [3.8, 4) is 0 Å². The minimum atomic E-state index is -2.90. The molecular weight excluding hydrogens is 286 g/mol. The summed E-state index contributed by atoms with van der Waals surface area (Å²) in [6.07, 6.45) is 0. The predicted octanol–water partition coefficient (Wildman–Crippen LogP) is 2.00. The molecule has 0 aromatic heterocycles. The van der Waals surface area contributed by atoms with Crippen LogP contribution < -0.4 is 4.90 Å². The van der Waals surface area contributed by atoms with Crippen molar-refractivity contribution in [2.75, 3.05) is 16.4 Å². The summed E-state index contributed by atoms with van der Waals surface area (Å²) in [4.78, 5) is 2.02. The van der Waals surface area contributed by atoms with Gasteiger partial charge in [-0.15, -0.1) is 0 Å². The van der Waals surface area contributed by atoms with E-state index in [1.807, 2.05) is 30.0 Å². The molecule has 1 aromatic carbocycles. The zero-order valence-corrected chi connectivity index (χ0v) is 12.3. The van der Waals surface area contributed by atoms with E-state index in [9.17, 15) is 8.42 Å². The normalized spacial score (nSPS) is 29.6. The summed E-state index contributed by atoms with van der Waals surface area (Å²) in [7, 11) is -2.90. The molecule has 18 heavy (non-hydrogen) atoms. The Morgan fingerprint density at radius 2 is 2.17 bits per heavy atom. The molecule has 2 heterocycles. The van der Waals surface area contributed by atoms with Crippen LogP contribution in [-0.2, 0) is 9.84 Å². The first-order valence-corrected chi connectivity index (χ1v) is 8.84. The molecule has 3 rings (SSSR count). The van der Waals surface area contributed by atoms with Crippen molar-refractivity contribution in [1.29, 1.82) is 0 Å². The fourth-order valence-corrected chi connectivity index (χ4v) is 6.92. The molecule has 0 bridgehead atoms. The van der Waals surface area contributed by atoms with E-state index in [1.54, 1.807) is 0 Å². The van der Waals surface area contributed by atoms with E-state index in [2.05, 4.69) is 6.07 Å². The Balaban J connectivity index is 1.99. The van der Waals surface area contributed by atoms with Crippen LogP contribution in [0.2, 0.25) is 0 Å². The van der Waals surface area contributed by atoms with Crippen LogP contribution in [-0.4, -0.2) is 35.5 Å². The highest BCUT2D eigenvalue weighted by atomic mass is 32.2. The highest BCUT2D eigenvalue weighted by molar-refractivity contribution is 8.24. The highest BCUT2D eigenvalue weighted by Crippen LogP contribution is 2.40. The van der Waals surface area contributed by atoms with E-state index in [4.69, 9.17) is 12.2 Å². The molecule has 0 radical (unpaired) electrons. The van der Waals surface area contributed by atoms with Crippen molar-refractivity contribution >= 4 is 43.8 Å². The fourth-order valence-electron chi connectivity index (χ4n) is 2.55. The maximum Gasteiger partial charge on any atom is 0.153 e. The number of thioether (sulfide) groups is 1. The van der Waals surface area contributed by atoms with Crippen LogP contribution in [0.4, 0.5) is 5.69 Å². The van der Waals surface area contributed by atoms with E-state index >= 15 is 0 Å². The molecule has 2 aliphatic heterocycles. The summed E-state index contributed by atoms with van der Waals surface area (Å²) in [6.45, 7) is 2.03. The Kier molecular flexibility index (Phi) is 2.91. The van der Waals surface area contributed by atoms with Crippen LogP contribution in [0.3, 0.4) is 0 Å². The molecule has 3 nitrogen and oxygen atoms in total. The molecule has 0 N–H and O–H groups in total. The van der Waals surface area contributed by atoms with Crippen LogP contribution in [0.5, 0.6) is 0 Å². The van der Waals surface area contributed by atoms with Crippen LogP contribution in [0.1, 0.15) is 5.56 Å². The van der Waals surface area contributed by atoms with E-state index in [0.29, 0.717) is 0 Å². The monoisotopic (exact) mass is 299 g/mol. The zero-order chi connectivity index (χ0) is 12.9. The number of aryl methyl sites for hydroxylation is 1. The van der Waals surface area contributed by atoms with E-state index < -0.39 is 9.84 Å². The fraction of sp³-hybridized carbons (Fsp3) is 0.417. The second-order valence-corrected chi connectivity index (χ2v) is 8.80. The van der Waals surface area contributed by atoms with Crippen molar-refractivity contribution in [3.63, 3.8) is 0 Å². The minimum absolute atomic E-state index is 0.00861. The van der Waals surface area contributed by atoms with Gasteiger partial charge in [-0.1, -0.05) is 36.1 Å². The van der Waals surface area contributed by atoms with Gasteiger partial charge in [0, 0.05) is 10.9 Å². The summed E-state index contributed by atoms with van der Waals surface area (Å²) in [5.74, 6) is 0.476. The number of hydrogen-bond acceptors (Lipinski definition) is 4. The Morgan fingerprint density at radius 3 is 2.89 bits per heavy atom. The van der Waals surface area contributed by atoms with Crippen molar-refractivity contribution in [2.45, 2.75) is 18.2 Å². The van der Waals surface area contributed by atoms with Gasteiger partial charge in [0.15, 0.2) is 9.84 Å². The van der Waals surface area contributed by atoms with Crippen LogP contribution in [0.25, 0.3) is 0 Å².